The van der Waals surface area contributed by atoms with Crippen molar-refractivity contribution >= 4 is 35.8 Å². The molecule has 1 aliphatic heterocycles. The lowest BCUT2D eigenvalue weighted by atomic mass is 10.1. The minimum Gasteiger partial charge on any atom is -0.356 e. The van der Waals surface area contributed by atoms with Crippen LogP contribution in [0.1, 0.15) is 44.6 Å². The lowest BCUT2D eigenvalue weighted by molar-refractivity contribution is 0.458. The van der Waals surface area contributed by atoms with Crippen molar-refractivity contribution < 1.29 is 0 Å². The van der Waals surface area contributed by atoms with Crippen LogP contribution in [0.5, 0.6) is 0 Å². The highest BCUT2D eigenvalue weighted by Crippen LogP contribution is 2.34. The fourth-order valence-corrected chi connectivity index (χ4v) is 3.55. The SMILES string of the molecule is CCCC1CC1NC(=NC)NC1CCN(c2ccc(C)cn2)CC1.I. The quantitative estimate of drug-likeness (QED) is 0.405. The smallest absolute Gasteiger partial charge is 0.191 e. The standard InChI is InChI=1S/C19H31N5.HI/c1-4-5-15-12-17(15)23-19(20-3)22-16-8-10-24(11-9-16)18-7-6-14(2)13-21-18;/h6-7,13,15-17H,4-5,8-12H2,1-3H3,(H2,20,22,23);1H. The molecule has 25 heavy (non-hydrogen) atoms. The van der Waals surface area contributed by atoms with Gasteiger partial charge in [-0.1, -0.05) is 19.4 Å². The molecule has 0 amide bonds. The second kappa shape index (κ2) is 9.59. The first kappa shape index (κ1) is 20.3. The number of aromatic nitrogens is 1. The first-order valence-corrected chi connectivity index (χ1v) is 9.37. The summed E-state index contributed by atoms with van der Waals surface area (Å²) in [6.07, 6.45) is 8.11. The molecule has 3 rings (SSSR count). The molecule has 140 valence electrons. The lowest BCUT2D eigenvalue weighted by Gasteiger charge is -2.33. The Bertz CT molecular complexity index is 551. The number of nitrogens with zero attached hydrogens (tertiary/aromatic N) is 3. The normalized spacial score (nSPS) is 23.8. The van der Waals surface area contributed by atoms with Gasteiger partial charge in [-0.15, -0.1) is 24.0 Å². The van der Waals surface area contributed by atoms with Crippen molar-refractivity contribution in [1.29, 1.82) is 0 Å². The maximum Gasteiger partial charge on any atom is 0.191 e. The number of rotatable bonds is 5. The van der Waals surface area contributed by atoms with Crippen molar-refractivity contribution in [2.75, 3.05) is 25.0 Å². The summed E-state index contributed by atoms with van der Waals surface area (Å²) in [5.41, 5.74) is 1.21. The van der Waals surface area contributed by atoms with E-state index in [1.807, 2.05) is 13.2 Å². The monoisotopic (exact) mass is 457 g/mol. The van der Waals surface area contributed by atoms with Crippen LogP contribution in [0.2, 0.25) is 0 Å². The molecule has 1 saturated heterocycles. The summed E-state index contributed by atoms with van der Waals surface area (Å²) >= 11 is 0. The van der Waals surface area contributed by atoms with Crippen LogP contribution in [0.25, 0.3) is 0 Å². The zero-order valence-corrected chi connectivity index (χ0v) is 18.0. The molecule has 0 spiro atoms. The van der Waals surface area contributed by atoms with E-state index in [1.165, 1.54) is 24.8 Å². The van der Waals surface area contributed by atoms with Crippen LogP contribution in [-0.2, 0) is 0 Å². The minimum atomic E-state index is 0. The number of nitrogens with one attached hydrogen (secondary N) is 2. The summed E-state index contributed by atoms with van der Waals surface area (Å²) in [4.78, 5) is 11.3. The van der Waals surface area contributed by atoms with Gasteiger partial charge in [0.1, 0.15) is 5.82 Å². The van der Waals surface area contributed by atoms with E-state index >= 15 is 0 Å². The van der Waals surface area contributed by atoms with Gasteiger partial charge in [-0.2, -0.15) is 0 Å². The van der Waals surface area contributed by atoms with E-state index in [-0.39, 0.29) is 24.0 Å². The van der Waals surface area contributed by atoms with E-state index in [4.69, 9.17) is 0 Å². The molecule has 2 N–H and O–H groups in total. The number of anilines is 1. The molecule has 0 aromatic carbocycles. The number of aliphatic imine (C=N–C) groups is 1. The Morgan fingerprint density at radius 1 is 1.28 bits per heavy atom. The minimum absolute atomic E-state index is 0. The molecule has 0 bridgehead atoms. The maximum atomic E-state index is 4.55. The van der Waals surface area contributed by atoms with Gasteiger partial charge in [0, 0.05) is 38.4 Å². The zero-order valence-electron chi connectivity index (χ0n) is 15.7. The van der Waals surface area contributed by atoms with Gasteiger partial charge in [-0.05, 0) is 50.2 Å². The molecular formula is C19H32IN5. The van der Waals surface area contributed by atoms with E-state index in [0.717, 1.165) is 43.6 Å². The van der Waals surface area contributed by atoms with Gasteiger partial charge < -0.3 is 15.5 Å². The van der Waals surface area contributed by atoms with E-state index < -0.39 is 0 Å². The summed E-state index contributed by atoms with van der Waals surface area (Å²) in [5.74, 6) is 2.93. The molecule has 1 saturated carbocycles. The van der Waals surface area contributed by atoms with Crippen LogP contribution in [-0.4, -0.2) is 43.2 Å². The van der Waals surface area contributed by atoms with Crippen LogP contribution in [0, 0.1) is 12.8 Å². The van der Waals surface area contributed by atoms with Crippen molar-refractivity contribution in [3.8, 4) is 0 Å². The summed E-state index contributed by atoms with van der Waals surface area (Å²) < 4.78 is 0. The number of hydrogen-bond donors (Lipinski definition) is 2. The molecule has 2 unspecified atom stereocenters. The number of piperidine rings is 1. The highest BCUT2D eigenvalue weighted by molar-refractivity contribution is 14.0. The Balaban J connectivity index is 0.00000225. The number of halogens is 1. The Morgan fingerprint density at radius 2 is 2.04 bits per heavy atom. The Hall–Kier alpha value is -1.05. The Morgan fingerprint density at radius 3 is 2.64 bits per heavy atom. The van der Waals surface area contributed by atoms with Crippen molar-refractivity contribution in [1.82, 2.24) is 15.6 Å². The van der Waals surface area contributed by atoms with Gasteiger partial charge in [0.2, 0.25) is 0 Å². The summed E-state index contributed by atoms with van der Waals surface area (Å²) in [5, 5.41) is 7.20. The van der Waals surface area contributed by atoms with Crippen LogP contribution in [0.15, 0.2) is 23.3 Å². The molecule has 2 atom stereocenters. The van der Waals surface area contributed by atoms with Gasteiger partial charge in [0.05, 0.1) is 0 Å². The fraction of sp³-hybridized carbons (Fsp3) is 0.684. The number of pyridine rings is 1. The average Bonchev–Trinajstić information content (AvgIpc) is 3.33. The third-order valence-corrected chi connectivity index (χ3v) is 5.18. The first-order chi connectivity index (χ1) is 11.7. The fourth-order valence-electron chi connectivity index (χ4n) is 3.55. The summed E-state index contributed by atoms with van der Waals surface area (Å²) in [6, 6.07) is 5.40. The Kier molecular flexibility index (Phi) is 7.78. The van der Waals surface area contributed by atoms with Crippen molar-refractivity contribution in [3.63, 3.8) is 0 Å². The number of hydrogen-bond acceptors (Lipinski definition) is 3. The van der Waals surface area contributed by atoms with Gasteiger partial charge in [0.15, 0.2) is 5.96 Å². The van der Waals surface area contributed by atoms with Crippen LogP contribution >= 0.6 is 24.0 Å². The molecule has 0 radical (unpaired) electrons. The van der Waals surface area contributed by atoms with Gasteiger partial charge in [0.25, 0.3) is 0 Å². The topological polar surface area (TPSA) is 52.6 Å². The molecule has 2 fully saturated rings. The molecule has 1 aromatic rings. The molecular weight excluding hydrogens is 425 g/mol. The molecule has 6 heteroatoms. The largest absolute Gasteiger partial charge is 0.356 e. The van der Waals surface area contributed by atoms with E-state index in [2.05, 4.69) is 51.5 Å². The van der Waals surface area contributed by atoms with Crippen molar-refractivity contribution in [2.24, 2.45) is 10.9 Å². The summed E-state index contributed by atoms with van der Waals surface area (Å²) in [7, 11) is 1.87. The average molecular weight is 457 g/mol. The van der Waals surface area contributed by atoms with Crippen LogP contribution in [0.3, 0.4) is 0 Å². The highest BCUT2D eigenvalue weighted by atomic mass is 127. The number of guanidine groups is 1. The van der Waals surface area contributed by atoms with Gasteiger partial charge >= 0.3 is 0 Å². The Labute approximate surface area is 169 Å². The lowest BCUT2D eigenvalue weighted by Crippen LogP contribution is -2.49. The van der Waals surface area contributed by atoms with Crippen molar-refractivity contribution in [2.45, 2.75) is 58.0 Å². The third kappa shape index (κ3) is 5.72. The second-order valence-corrected chi connectivity index (χ2v) is 7.21. The predicted octanol–water partition coefficient (Wildman–Crippen LogP) is 3.33. The van der Waals surface area contributed by atoms with E-state index in [1.54, 1.807) is 0 Å². The maximum absolute atomic E-state index is 4.55. The first-order valence-electron chi connectivity index (χ1n) is 9.37. The molecule has 1 aromatic heterocycles. The highest BCUT2D eigenvalue weighted by Gasteiger charge is 2.36. The van der Waals surface area contributed by atoms with Crippen LogP contribution < -0.4 is 15.5 Å². The molecule has 2 heterocycles. The van der Waals surface area contributed by atoms with Gasteiger partial charge in [-0.25, -0.2) is 4.98 Å². The zero-order chi connectivity index (χ0) is 16.9. The van der Waals surface area contributed by atoms with E-state index in [9.17, 15) is 0 Å². The predicted molar refractivity (Wildman–Crippen MR) is 116 cm³/mol. The van der Waals surface area contributed by atoms with Gasteiger partial charge in [-0.3, -0.25) is 4.99 Å². The summed E-state index contributed by atoms with van der Waals surface area (Å²) in [6.45, 7) is 6.44. The molecule has 2 aliphatic rings. The molecule has 5 nitrogen and oxygen atoms in total. The van der Waals surface area contributed by atoms with E-state index in [0.29, 0.717) is 12.1 Å². The number of aryl methyl sites for hydroxylation is 1. The van der Waals surface area contributed by atoms with Crippen molar-refractivity contribution in [3.05, 3.63) is 23.9 Å². The third-order valence-electron chi connectivity index (χ3n) is 5.18. The second-order valence-electron chi connectivity index (χ2n) is 7.21. The molecule has 1 aliphatic carbocycles. The van der Waals surface area contributed by atoms with Crippen LogP contribution in [0.4, 0.5) is 5.82 Å².